The van der Waals surface area contributed by atoms with Gasteiger partial charge in [-0.25, -0.2) is 4.79 Å². The molecule has 0 fully saturated rings. The number of ether oxygens (including phenoxy) is 1. The van der Waals surface area contributed by atoms with Crippen LogP contribution in [0.4, 0.5) is 13.2 Å². The zero-order valence-corrected chi connectivity index (χ0v) is 12.0. The molecular formula is C14H16F3NO4. The number of alkyl halides is 3. The number of hydrogen-bond donors (Lipinski definition) is 2. The molecule has 0 saturated heterocycles. The molecule has 0 aromatic heterocycles. The minimum atomic E-state index is -4.81. The topological polar surface area (TPSA) is 75.6 Å². The van der Waals surface area contributed by atoms with Crippen molar-refractivity contribution >= 4 is 11.9 Å². The third kappa shape index (κ3) is 6.02. The van der Waals surface area contributed by atoms with E-state index in [1.54, 1.807) is 0 Å². The van der Waals surface area contributed by atoms with Gasteiger partial charge in [0.1, 0.15) is 11.8 Å². The van der Waals surface area contributed by atoms with Crippen molar-refractivity contribution in [3.8, 4) is 5.75 Å². The van der Waals surface area contributed by atoms with Crippen LogP contribution in [0.2, 0.25) is 0 Å². The van der Waals surface area contributed by atoms with E-state index in [0.717, 1.165) is 24.3 Å². The quantitative estimate of drug-likeness (QED) is 0.845. The summed E-state index contributed by atoms with van der Waals surface area (Å²) >= 11 is 0. The summed E-state index contributed by atoms with van der Waals surface area (Å²) < 4.78 is 39.7. The Bertz CT molecular complexity index is 526. The Kier molecular flexibility index (Phi) is 5.78. The molecule has 0 bridgehead atoms. The molecule has 1 amide bonds. The number of carbonyl (C=O) groups excluding carboxylic acids is 1. The maximum Gasteiger partial charge on any atom is 0.573 e. The lowest BCUT2D eigenvalue weighted by Crippen LogP contribution is -2.41. The Hall–Kier alpha value is -2.25. The van der Waals surface area contributed by atoms with Crippen LogP contribution in [0.1, 0.15) is 30.6 Å². The van der Waals surface area contributed by atoms with Gasteiger partial charge in [-0.2, -0.15) is 0 Å². The molecule has 1 aromatic carbocycles. The van der Waals surface area contributed by atoms with E-state index in [4.69, 9.17) is 5.11 Å². The number of amides is 1. The van der Waals surface area contributed by atoms with Gasteiger partial charge in [-0.15, -0.1) is 13.2 Å². The molecule has 22 heavy (non-hydrogen) atoms. The van der Waals surface area contributed by atoms with Crippen LogP contribution in [0, 0.1) is 5.92 Å². The molecule has 0 saturated carbocycles. The van der Waals surface area contributed by atoms with Crippen molar-refractivity contribution in [3.05, 3.63) is 29.8 Å². The summed E-state index contributed by atoms with van der Waals surface area (Å²) in [7, 11) is 0. The van der Waals surface area contributed by atoms with E-state index in [1.807, 2.05) is 13.8 Å². The highest BCUT2D eigenvalue weighted by Crippen LogP contribution is 2.22. The monoisotopic (exact) mass is 319 g/mol. The second-order valence-corrected chi connectivity index (χ2v) is 5.07. The highest BCUT2D eigenvalue weighted by Gasteiger charge is 2.31. The second-order valence-electron chi connectivity index (χ2n) is 5.07. The number of carboxylic acid groups (broad SMARTS) is 1. The molecule has 1 atom stereocenters. The molecule has 8 heteroatoms. The Labute approximate surface area is 125 Å². The van der Waals surface area contributed by atoms with Crippen LogP contribution in [0.15, 0.2) is 24.3 Å². The molecule has 0 heterocycles. The van der Waals surface area contributed by atoms with Crippen molar-refractivity contribution in [2.75, 3.05) is 0 Å². The summed E-state index contributed by atoms with van der Waals surface area (Å²) in [5.74, 6) is -2.24. The van der Waals surface area contributed by atoms with Crippen molar-refractivity contribution in [2.45, 2.75) is 32.7 Å². The van der Waals surface area contributed by atoms with Gasteiger partial charge in [-0.3, -0.25) is 4.79 Å². The summed E-state index contributed by atoms with van der Waals surface area (Å²) in [5, 5.41) is 11.4. The standard InChI is InChI=1S/C14H16F3NO4/c1-8(2)7-11(13(20)21)18-12(19)9-3-5-10(6-4-9)22-14(15,16)17/h3-6,8,11H,7H2,1-2H3,(H,18,19)(H,20,21)/t11-/m1/s1. The molecule has 0 radical (unpaired) electrons. The average molecular weight is 319 g/mol. The van der Waals surface area contributed by atoms with Crippen molar-refractivity contribution in [2.24, 2.45) is 5.92 Å². The Balaban J connectivity index is 2.74. The lowest BCUT2D eigenvalue weighted by atomic mass is 10.0. The molecule has 0 aliphatic heterocycles. The van der Waals surface area contributed by atoms with Gasteiger partial charge in [0.15, 0.2) is 0 Å². The molecule has 0 aliphatic rings. The van der Waals surface area contributed by atoms with Gasteiger partial charge in [-0.05, 0) is 36.6 Å². The normalized spacial score (nSPS) is 12.8. The average Bonchev–Trinajstić information content (AvgIpc) is 2.36. The number of carboxylic acids is 1. The van der Waals surface area contributed by atoms with E-state index in [-0.39, 0.29) is 17.9 Å². The lowest BCUT2D eigenvalue weighted by molar-refractivity contribution is -0.274. The molecule has 0 aliphatic carbocycles. The maximum absolute atomic E-state index is 12.0. The third-order valence-corrected chi connectivity index (χ3v) is 2.66. The second kappa shape index (κ2) is 7.15. The summed E-state index contributed by atoms with van der Waals surface area (Å²) in [6.45, 7) is 3.62. The Morgan fingerprint density at radius 2 is 1.77 bits per heavy atom. The predicted octanol–water partition coefficient (Wildman–Crippen LogP) is 2.81. The lowest BCUT2D eigenvalue weighted by Gasteiger charge is -2.16. The van der Waals surface area contributed by atoms with Crippen LogP contribution in [0.25, 0.3) is 0 Å². The van der Waals surface area contributed by atoms with Gasteiger partial charge in [0.25, 0.3) is 5.91 Å². The summed E-state index contributed by atoms with van der Waals surface area (Å²) in [6, 6.07) is 3.18. The predicted molar refractivity (Wildman–Crippen MR) is 71.5 cm³/mol. The number of nitrogens with one attached hydrogen (secondary N) is 1. The van der Waals surface area contributed by atoms with Gasteiger partial charge < -0.3 is 15.2 Å². The smallest absolute Gasteiger partial charge is 0.480 e. The molecule has 122 valence electrons. The van der Waals surface area contributed by atoms with Crippen LogP contribution < -0.4 is 10.1 Å². The first-order chi connectivity index (χ1) is 10.1. The first-order valence-electron chi connectivity index (χ1n) is 6.48. The molecule has 2 N–H and O–H groups in total. The number of aliphatic carboxylic acids is 1. The van der Waals surface area contributed by atoms with Crippen LogP contribution in [-0.2, 0) is 4.79 Å². The van der Waals surface area contributed by atoms with E-state index in [2.05, 4.69) is 10.1 Å². The molecule has 1 aromatic rings. The number of benzene rings is 1. The van der Waals surface area contributed by atoms with Crippen molar-refractivity contribution in [1.82, 2.24) is 5.32 Å². The van der Waals surface area contributed by atoms with Crippen LogP contribution in [0.3, 0.4) is 0 Å². The van der Waals surface area contributed by atoms with Crippen molar-refractivity contribution in [3.63, 3.8) is 0 Å². The number of carbonyl (C=O) groups is 2. The zero-order valence-electron chi connectivity index (χ0n) is 12.0. The highest BCUT2D eigenvalue weighted by molar-refractivity contribution is 5.96. The fourth-order valence-electron chi connectivity index (χ4n) is 1.74. The Morgan fingerprint density at radius 3 is 2.18 bits per heavy atom. The maximum atomic E-state index is 12.0. The molecule has 5 nitrogen and oxygen atoms in total. The van der Waals surface area contributed by atoms with Crippen molar-refractivity contribution < 1.29 is 32.6 Å². The van der Waals surface area contributed by atoms with Gasteiger partial charge >= 0.3 is 12.3 Å². The highest BCUT2D eigenvalue weighted by atomic mass is 19.4. The minimum absolute atomic E-state index is 0.0459. The summed E-state index contributed by atoms with van der Waals surface area (Å²) in [6.07, 6.45) is -4.56. The fourth-order valence-corrected chi connectivity index (χ4v) is 1.74. The first-order valence-corrected chi connectivity index (χ1v) is 6.48. The fraction of sp³-hybridized carbons (Fsp3) is 0.429. The number of hydrogen-bond acceptors (Lipinski definition) is 3. The summed E-state index contributed by atoms with van der Waals surface area (Å²) in [4.78, 5) is 23.0. The van der Waals surface area contributed by atoms with Gasteiger partial charge in [0.05, 0.1) is 0 Å². The molecule has 0 unspecified atom stereocenters. The van der Waals surface area contributed by atoms with E-state index in [1.165, 1.54) is 0 Å². The third-order valence-electron chi connectivity index (χ3n) is 2.66. The van der Waals surface area contributed by atoms with Crippen LogP contribution >= 0.6 is 0 Å². The molecule has 1 rings (SSSR count). The first kappa shape index (κ1) is 17.8. The summed E-state index contributed by atoms with van der Waals surface area (Å²) in [5.41, 5.74) is 0.0459. The van der Waals surface area contributed by atoms with Crippen molar-refractivity contribution in [1.29, 1.82) is 0 Å². The van der Waals surface area contributed by atoms with E-state index in [9.17, 15) is 22.8 Å². The van der Waals surface area contributed by atoms with Gasteiger partial charge in [0.2, 0.25) is 0 Å². The van der Waals surface area contributed by atoms with Gasteiger partial charge in [-0.1, -0.05) is 13.8 Å². The van der Waals surface area contributed by atoms with E-state index >= 15 is 0 Å². The Morgan fingerprint density at radius 1 is 1.23 bits per heavy atom. The number of rotatable bonds is 6. The molecule has 0 spiro atoms. The SMILES string of the molecule is CC(C)C[C@@H](NC(=O)c1ccc(OC(F)(F)F)cc1)C(=O)O. The largest absolute Gasteiger partial charge is 0.573 e. The van der Waals surface area contributed by atoms with Gasteiger partial charge in [0, 0.05) is 5.56 Å². The number of halogens is 3. The van der Waals surface area contributed by atoms with Crippen LogP contribution in [-0.4, -0.2) is 29.4 Å². The molecular weight excluding hydrogens is 303 g/mol. The van der Waals surface area contributed by atoms with E-state index in [0.29, 0.717) is 0 Å². The zero-order chi connectivity index (χ0) is 16.9. The minimum Gasteiger partial charge on any atom is -0.480 e. The van der Waals surface area contributed by atoms with E-state index < -0.39 is 30.0 Å². The van der Waals surface area contributed by atoms with Crippen LogP contribution in [0.5, 0.6) is 5.75 Å².